The smallest absolute Gasteiger partial charge is 0.254 e. The van der Waals surface area contributed by atoms with Crippen LogP contribution < -0.4 is 10.2 Å². The van der Waals surface area contributed by atoms with Crippen molar-refractivity contribution in [2.75, 3.05) is 18.0 Å². The number of benzene rings is 1. The fourth-order valence-electron chi connectivity index (χ4n) is 3.18. The Morgan fingerprint density at radius 2 is 2.00 bits per heavy atom. The third kappa shape index (κ3) is 4.32. The molecule has 6 heteroatoms. The van der Waals surface area contributed by atoms with E-state index in [2.05, 4.69) is 27.1 Å². The fraction of sp³-hybridized carbons (Fsp3) is 0.421. The highest BCUT2D eigenvalue weighted by Gasteiger charge is 2.22. The molecule has 0 radical (unpaired) electrons. The predicted octanol–water partition coefficient (Wildman–Crippen LogP) is 2.97. The molecular formula is C19H23FN4O. The first-order chi connectivity index (χ1) is 12.2. The summed E-state index contributed by atoms with van der Waals surface area (Å²) in [6.07, 6.45) is 6.52. The molecule has 3 rings (SSSR count). The molecule has 1 fully saturated rings. The Kier molecular flexibility index (Phi) is 5.58. The van der Waals surface area contributed by atoms with Crippen LogP contribution in [0.15, 0.2) is 36.8 Å². The molecule has 1 saturated heterocycles. The third-order valence-electron chi connectivity index (χ3n) is 4.55. The Bertz CT molecular complexity index is 712. The first-order valence-electron chi connectivity index (χ1n) is 8.77. The van der Waals surface area contributed by atoms with Gasteiger partial charge in [-0.15, -0.1) is 0 Å². The molecule has 25 heavy (non-hydrogen) atoms. The van der Waals surface area contributed by atoms with Gasteiger partial charge in [0.15, 0.2) is 0 Å². The minimum Gasteiger partial charge on any atom is -0.371 e. The number of hydrogen-bond acceptors (Lipinski definition) is 4. The zero-order valence-electron chi connectivity index (χ0n) is 14.4. The second-order valence-corrected chi connectivity index (χ2v) is 6.34. The highest BCUT2D eigenvalue weighted by atomic mass is 19.1. The number of anilines is 1. The molecule has 0 atom stereocenters. The molecule has 1 N–H and O–H groups in total. The van der Waals surface area contributed by atoms with Crippen molar-refractivity contribution in [1.82, 2.24) is 15.3 Å². The van der Waals surface area contributed by atoms with Crippen molar-refractivity contribution in [3.63, 3.8) is 0 Å². The molecule has 2 heterocycles. The zero-order chi connectivity index (χ0) is 17.6. The number of carbonyl (C=O) groups excluding carboxylic acids is 1. The van der Waals surface area contributed by atoms with Crippen LogP contribution in [0.3, 0.4) is 0 Å². The summed E-state index contributed by atoms with van der Waals surface area (Å²) in [5.41, 5.74) is 2.40. The third-order valence-corrected chi connectivity index (χ3v) is 4.55. The molecule has 1 amide bonds. The minimum atomic E-state index is -0.223. The van der Waals surface area contributed by atoms with Gasteiger partial charge in [-0.1, -0.05) is 13.3 Å². The number of aromatic nitrogens is 2. The van der Waals surface area contributed by atoms with Gasteiger partial charge in [0, 0.05) is 31.0 Å². The van der Waals surface area contributed by atoms with Crippen molar-refractivity contribution in [3.8, 4) is 0 Å². The number of carbonyl (C=O) groups is 1. The second-order valence-electron chi connectivity index (χ2n) is 6.34. The Morgan fingerprint density at radius 3 is 2.68 bits per heavy atom. The van der Waals surface area contributed by atoms with Crippen LogP contribution in [-0.2, 0) is 6.42 Å². The predicted molar refractivity (Wildman–Crippen MR) is 95.1 cm³/mol. The number of hydrogen-bond donors (Lipinski definition) is 1. The summed E-state index contributed by atoms with van der Waals surface area (Å²) in [5, 5.41) is 3.11. The Hall–Kier alpha value is -2.50. The molecular weight excluding hydrogens is 319 g/mol. The topological polar surface area (TPSA) is 58.1 Å². The molecule has 0 saturated carbocycles. The fourth-order valence-corrected chi connectivity index (χ4v) is 3.18. The van der Waals surface area contributed by atoms with Gasteiger partial charge in [-0.2, -0.15) is 0 Å². The van der Waals surface area contributed by atoms with Crippen molar-refractivity contribution >= 4 is 11.6 Å². The molecule has 0 aliphatic carbocycles. The summed E-state index contributed by atoms with van der Waals surface area (Å²) in [4.78, 5) is 23.0. The van der Waals surface area contributed by atoms with Crippen molar-refractivity contribution in [1.29, 1.82) is 0 Å². The lowest BCUT2D eigenvalue weighted by atomic mass is 10.0. The van der Waals surface area contributed by atoms with E-state index in [0.717, 1.165) is 50.2 Å². The van der Waals surface area contributed by atoms with E-state index >= 15 is 0 Å². The number of nitrogens with one attached hydrogen (secondary N) is 1. The summed E-state index contributed by atoms with van der Waals surface area (Å²) < 4.78 is 13.0. The Balaban J connectivity index is 1.57. The average Bonchev–Trinajstić information content (AvgIpc) is 2.64. The Labute approximate surface area is 147 Å². The highest BCUT2D eigenvalue weighted by Crippen LogP contribution is 2.20. The first-order valence-corrected chi connectivity index (χ1v) is 8.77. The van der Waals surface area contributed by atoms with E-state index in [9.17, 15) is 9.18 Å². The van der Waals surface area contributed by atoms with Crippen LogP contribution in [-0.4, -0.2) is 35.0 Å². The van der Waals surface area contributed by atoms with Gasteiger partial charge in [0.05, 0.1) is 11.3 Å². The van der Waals surface area contributed by atoms with E-state index in [1.54, 1.807) is 18.3 Å². The standard InChI is InChI=1S/C19H23FN4O/c1-2-3-18-17(12-21-13-22-18)19(25)23-15-8-10-24(11-9-15)16-6-4-14(20)5-7-16/h4-7,12-13,15H,2-3,8-11H2,1H3,(H,23,25). The van der Waals surface area contributed by atoms with Crippen LogP contribution in [0.25, 0.3) is 0 Å². The van der Waals surface area contributed by atoms with Crippen LogP contribution in [0.1, 0.15) is 42.2 Å². The van der Waals surface area contributed by atoms with Gasteiger partial charge >= 0.3 is 0 Å². The van der Waals surface area contributed by atoms with E-state index < -0.39 is 0 Å². The maximum atomic E-state index is 13.0. The summed E-state index contributed by atoms with van der Waals surface area (Å²) >= 11 is 0. The molecule has 0 unspecified atom stereocenters. The monoisotopic (exact) mass is 342 g/mol. The van der Waals surface area contributed by atoms with Gasteiger partial charge < -0.3 is 10.2 Å². The molecule has 1 aliphatic rings. The van der Waals surface area contributed by atoms with Crippen LogP contribution >= 0.6 is 0 Å². The van der Waals surface area contributed by atoms with Crippen LogP contribution in [0.5, 0.6) is 0 Å². The Morgan fingerprint density at radius 1 is 1.28 bits per heavy atom. The van der Waals surface area contributed by atoms with E-state index in [1.807, 2.05) is 0 Å². The number of nitrogens with zero attached hydrogens (tertiary/aromatic N) is 3. The van der Waals surface area contributed by atoms with E-state index in [4.69, 9.17) is 0 Å². The molecule has 1 aromatic carbocycles. The number of halogens is 1. The molecule has 5 nitrogen and oxygen atoms in total. The van der Waals surface area contributed by atoms with Crippen molar-refractivity contribution in [2.45, 2.75) is 38.6 Å². The van der Waals surface area contributed by atoms with E-state index in [1.165, 1.54) is 18.5 Å². The summed E-state index contributed by atoms with van der Waals surface area (Å²) in [7, 11) is 0. The molecule has 1 aliphatic heterocycles. The van der Waals surface area contributed by atoms with Gasteiger partial charge in [-0.3, -0.25) is 4.79 Å². The van der Waals surface area contributed by atoms with Gasteiger partial charge in [-0.25, -0.2) is 14.4 Å². The average molecular weight is 342 g/mol. The van der Waals surface area contributed by atoms with Gasteiger partial charge in [0.25, 0.3) is 5.91 Å². The van der Waals surface area contributed by atoms with E-state index in [0.29, 0.717) is 5.56 Å². The molecule has 1 aromatic heterocycles. The number of rotatable bonds is 5. The van der Waals surface area contributed by atoms with Crippen molar-refractivity contribution < 1.29 is 9.18 Å². The van der Waals surface area contributed by atoms with Gasteiger partial charge in [-0.05, 0) is 43.5 Å². The SMILES string of the molecule is CCCc1ncncc1C(=O)NC1CCN(c2ccc(F)cc2)CC1. The molecule has 2 aromatic rings. The summed E-state index contributed by atoms with van der Waals surface area (Å²) in [6.45, 7) is 3.74. The number of piperidine rings is 1. The molecule has 0 spiro atoms. The first kappa shape index (κ1) is 17.3. The van der Waals surface area contributed by atoms with Crippen LogP contribution in [0.2, 0.25) is 0 Å². The van der Waals surface area contributed by atoms with Crippen LogP contribution in [0, 0.1) is 5.82 Å². The zero-order valence-corrected chi connectivity index (χ0v) is 14.4. The van der Waals surface area contributed by atoms with Gasteiger partial charge in [0.1, 0.15) is 12.1 Å². The van der Waals surface area contributed by atoms with Crippen molar-refractivity contribution in [3.05, 3.63) is 53.9 Å². The second kappa shape index (κ2) is 8.05. The quantitative estimate of drug-likeness (QED) is 0.908. The maximum absolute atomic E-state index is 13.0. The lowest BCUT2D eigenvalue weighted by Crippen LogP contribution is -2.45. The molecule has 132 valence electrons. The normalized spacial score (nSPS) is 15.2. The summed E-state index contributed by atoms with van der Waals surface area (Å²) in [5.74, 6) is -0.317. The minimum absolute atomic E-state index is 0.0933. The lowest BCUT2D eigenvalue weighted by molar-refractivity contribution is 0.0929. The number of aryl methyl sites for hydroxylation is 1. The number of amides is 1. The highest BCUT2D eigenvalue weighted by molar-refractivity contribution is 5.95. The van der Waals surface area contributed by atoms with Crippen LogP contribution in [0.4, 0.5) is 10.1 Å². The molecule has 0 bridgehead atoms. The largest absolute Gasteiger partial charge is 0.371 e. The maximum Gasteiger partial charge on any atom is 0.254 e. The van der Waals surface area contributed by atoms with E-state index in [-0.39, 0.29) is 17.8 Å². The van der Waals surface area contributed by atoms with Gasteiger partial charge in [0.2, 0.25) is 0 Å². The van der Waals surface area contributed by atoms with Crippen molar-refractivity contribution in [2.24, 2.45) is 0 Å². The lowest BCUT2D eigenvalue weighted by Gasteiger charge is -2.34. The summed E-state index contributed by atoms with van der Waals surface area (Å²) in [6, 6.07) is 6.69.